The van der Waals surface area contributed by atoms with Crippen molar-refractivity contribution >= 4 is 21.6 Å². The van der Waals surface area contributed by atoms with E-state index in [1.807, 2.05) is 53.7 Å². The van der Waals surface area contributed by atoms with Gasteiger partial charge in [0.2, 0.25) is 0 Å². The molecular weight excluding hydrogens is 290 g/mol. The molecule has 0 bridgehead atoms. The van der Waals surface area contributed by atoms with Crippen molar-refractivity contribution in [2.45, 2.75) is 0 Å². The number of anilines is 1. The zero-order valence-corrected chi connectivity index (χ0v) is 10.9. The third-order valence-electron chi connectivity index (χ3n) is 2.47. The Morgan fingerprint density at radius 2 is 1.56 bits per heavy atom. The summed E-state index contributed by atoms with van der Waals surface area (Å²) in [6.45, 7) is 0. The first-order valence-electron chi connectivity index (χ1n) is 5.19. The Kier molecular flexibility index (Phi) is 3.62. The molecule has 0 N–H and O–H groups in total. The zero-order chi connectivity index (χ0) is 13.0. The first-order chi connectivity index (χ1) is 8.74. The monoisotopic (exact) mass is 297 g/mol. The third-order valence-corrected chi connectivity index (χ3v) is 3.00. The maximum atomic E-state index is 8.77. The van der Waals surface area contributed by atoms with E-state index < -0.39 is 0 Å². The van der Waals surface area contributed by atoms with Gasteiger partial charge in [-0.3, -0.25) is 0 Å². The van der Waals surface area contributed by atoms with Gasteiger partial charge in [0.05, 0.1) is 0 Å². The third kappa shape index (κ3) is 2.51. The number of hydrogen-bond acceptors (Lipinski definition) is 3. The minimum absolute atomic E-state index is 0.123. The van der Waals surface area contributed by atoms with Crippen LogP contribution in [-0.4, -0.2) is 0 Å². The molecule has 1 aromatic carbocycles. The summed E-state index contributed by atoms with van der Waals surface area (Å²) in [5.41, 5.74) is 1.77. The van der Waals surface area contributed by atoms with Gasteiger partial charge in [-0.2, -0.15) is 10.5 Å². The molecule has 1 aliphatic heterocycles. The molecule has 4 heteroatoms. The van der Waals surface area contributed by atoms with Crippen LogP contribution in [0, 0.1) is 22.7 Å². The quantitative estimate of drug-likeness (QED) is 0.744. The van der Waals surface area contributed by atoms with Gasteiger partial charge in [0, 0.05) is 28.1 Å². The Labute approximate surface area is 114 Å². The molecule has 0 fully saturated rings. The highest BCUT2D eigenvalue weighted by molar-refractivity contribution is 9.10. The Bertz CT molecular complexity index is 592. The van der Waals surface area contributed by atoms with Gasteiger partial charge in [-0.25, -0.2) is 0 Å². The van der Waals surface area contributed by atoms with E-state index in [4.69, 9.17) is 10.5 Å². The van der Waals surface area contributed by atoms with Crippen LogP contribution < -0.4 is 4.90 Å². The first kappa shape index (κ1) is 12.2. The van der Waals surface area contributed by atoms with Crippen molar-refractivity contribution in [2.24, 2.45) is 0 Å². The molecule has 0 amide bonds. The Morgan fingerprint density at radius 1 is 1.00 bits per heavy atom. The Hall–Kier alpha value is -2.30. The lowest BCUT2D eigenvalue weighted by molar-refractivity contribution is 1.24. The van der Waals surface area contributed by atoms with Crippen molar-refractivity contribution in [3.8, 4) is 12.1 Å². The van der Waals surface area contributed by atoms with Crippen molar-refractivity contribution in [3.63, 3.8) is 0 Å². The number of hydrogen-bond donors (Lipinski definition) is 0. The van der Waals surface area contributed by atoms with Gasteiger partial charge in [0.25, 0.3) is 0 Å². The highest BCUT2D eigenvalue weighted by atomic mass is 79.9. The lowest BCUT2D eigenvalue weighted by Gasteiger charge is -2.18. The van der Waals surface area contributed by atoms with Gasteiger partial charge in [-0.05, 0) is 36.4 Å². The van der Waals surface area contributed by atoms with Crippen molar-refractivity contribution in [2.75, 3.05) is 4.90 Å². The average molecular weight is 298 g/mol. The van der Waals surface area contributed by atoms with Crippen LogP contribution in [0.3, 0.4) is 0 Å². The van der Waals surface area contributed by atoms with Gasteiger partial charge in [-0.1, -0.05) is 15.9 Å². The van der Waals surface area contributed by atoms with Gasteiger partial charge in [0.15, 0.2) is 0 Å². The molecule has 0 aliphatic carbocycles. The minimum Gasteiger partial charge on any atom is -0.324 e. The van der Waals surface area contributed by atoms with E-state index >= 15 is 0 Å². The molecule has 3 nitrogen and oxygen atoms in total. The van der Waals surface area contributed by atoms with Crippen LogP contribution in [0.1, 0.15) is 0 Å². The van der Waals surface area contributed by atoms with Gasteiger partial charge in [-0.15, -0.1) is 0 Å². The number of benzene rings is 1. The molecule has 0 radical (unpaired) electrons. The molecule has 1 aliphatic rings. The van der Waals surface area contributed by atoms with E-state index in [1.54, 1.807) is 12.2 Å². The van der Waals surface area contributed by atoms with Crippen LogP contribution in [0.25, 0.3) is 0 Å². The molecule has 0 saturated carbocycles. The SMILES string of the molecule is N#CC(C#N)=C1C=CN(c2ccc(Br)cc2)C=C1. The van der Waals surface area contributed by atoms with Gasteiger partial charge >= 0.3 is 0 Å². The van der Waals surface area contributed by atoms with Crippen molar-refractivity contribution in [1.82, 2.24) is 0 Å². The number of nitriles is 2. The molecule has 0 aromatic heterocycles. The van der Waals surface area contributed by atoms with Crippen LogP contribution in [-0.2, 0) is 0 Å². The summed E-state index contributed by atoms with van der Waals surface area (Å²) in [5, 5.41) is 17.5. The van der Waals surface area contributed by atoms with E-state index in [-0.39, 0.29) is 5.57 Å². The van der Waals surface area contributed by atoms with E-state index in [0.717, 1.165) is 10.2 Å². The highest BCUT2D eigenvalue weighted by Crippen LogP contribution is 2.22. The fourth-order valence-electron chi connectivity index (χ4n) is 1.53. The van der Waals surface area contributed by atoms with Crippen molar-refractivity contribution < 1.29 is 0 Å². The second kappa shape index (κ2) is 5.35. The van der Waals surface area contributed by atoms with Crippen LogP contribution in [0.2, 0.25) is 0 Å². The molecule has 18 heavy (non-hydrogen) atoms. The fraction of sp³-hybridized carbons (Fsp3) is 0. The summed E-state index contributed by atoms with van der Waals surface area (Å²) >= 11 is 3.38. The topological polar surface area (TPSA) is 50.8 Å². The van der Waals surface area contributed by atoms with E-state index in [2.05, 4.69) is 15.9 Å². The van der Waals surface area contributed by atoms with Gasteiger partial charge in [0.1, 0.15) is 17.7 Å². The standard InChI is InChI=1S/C14H8BrN3/c15-13-1-3-14(4-2-13)18-7-5-11(6-8-18)12(9-16)10-17/h1-8H. The summed E-state index contributed by atoms with van der Waals surface area (Å²) in [5.74, 6) is 0. The largest absolute Gasteiger partial charge is 0.324 e. The molecule has 1 heterocycles. The maximum Gasteiger partial charge on any atom is 0.136 e. The lowest BCUT2D eigenvalue weighted by atomic mass is 10.1. The normalized spacial score (nSPS) is 13.1. The Morgan fingerprint density at radius 3 is 2.06 bits per heavy atom. The summed E-state index contributed by atoms with van der Waals surface area (Å²) < 4.78 is 1.02. The number of rotatable bonds is 1. The van der Waals surface area contributed by atoms with E-state index in [1.165, 1.54) is 0 Å². The molecular formula is C14H8BrN3. The predicted octanol–water partition coefficient (Wildman–Crippen LogP) is 3.64. The first-order valence-corrected chi connectivity index (χ1v) is 5.98. The predicted molar refractivity (Wildman–Crippen MR) is 73.2 cm³/mol. The van der Waals surface area contributed by atoms with E-state index in [0.29, 0.717) is 5.57 Å². The summed E-state index contributed by atoms with van der Waals surface area (Å²) in [6, 6.07) is 11.6. The van der Waals surface area contributed by atoms with Gasteiger partial charge < -0.3 is 4.90 Å². The maximum absolute atomic E-state index is 8.77. The molecule has 0 saturated heterocycles. The molecule has 0 unspecified atom stereocenters. The number of nitrogens with zero attached hydrogens (tertiary/aromatic N) is 3. The summed E-state index contributed by atoms with van der Waals surface area (Å²) in [7, 11) is 0. The smallest absolute Gasteiger partial charge is 0.136 e. The zero-order valence-electron chi connectivity index (χ0n) is 9.34. The molecule has 86 valence electrons. The Balaban J connectivity index is 2.26. The fourth-order valence-corrected chi connectivity index (χ4v) is 1.80. The second-order valence-electron chi connectivity index (χ2n) is 3.57. The average Bonchev–Trinajstić information content (AvgIpc) is 2.42. The van der Waals surface area contributed by atoms with E-state index in [9.17, 15) is 0 Å². The van der Waals surface area contributed by atoms with Crippen molar-refractivity contribution in [1.29, 1.82) is 10.5 Å². The number of halogens is 1. The highest BCUT2D eigenvalue weighted by Gasteiger charge is 2.07. The summed E-state index contributed by atoms with van der Waals surface area (Å²) in [4.78, 5) is 1.92. The minimum atomic E-state index is 0.123. The van der Waals surface area contributed by atoms with Crippen LogP contribution in [0.4, 0.5) is 5.69 Å². The molecule has 2 rings (SSSR count). The number of allylic oxidation sites excluding steroid dienone is 4. The molecule has 1 aromatic rings. The molecule has 0 spiro atoms. The lowest BCUT2D eigenvalue weighted by Crippen LogP contribution is -2.09. The van der Waals surface area contributed by atoms with Crippen LogP contribution >= 0.6 is 15.9 Å². The van der Waals surface area contributed by atoms with Crippen molar-refractivity contribution in [3.05, 3.63) is 64.4 Å². The second-order valence-corrected chi connectivity index (χ2v) is 4.48. The van der Waals surface area contributed by atoms with Crippen LogP contribution in [0.15, 0.2) is 64.4 Å². The molecule has 0 atom stereocenters. The van der Waals surface area contributed by atoms with Crippen LogP contribution in [0.5, 0.6) is 0 Å². The summed E-state index contributed by atoms with van der Waals surface area (Å²) in [6.07, 6.45) is 7.16.